The summed E-state index contributed by atoms with van der Waals surface area (Å²) in [5.41, 5.74) is 0. The molecule has 0 aliphatic rings. The highest BCUT2D eigenvalue weighted by Crippen LogP contribution is 2.16. The fraction of sp³-hybridized carbons (Fsp3) is 0.825. The number of allylic oxidation sites excluding steroid dienone is 8. The van der Waals surface area contributed by atoms with Crippen LogP contribution in [0.1, 0.15) is 278 Å². The van der Waals surface area contributed by atoms with Crippen LogP contribution >= 0.6 is 0 Å². The number of carbonyl (C=O) groups excluding carboxylic acids is 2. The van der Waals surface area contributed by atoms with Crippen molar-refractivity contribution in [1.82, 2.24) is 0 Å². The molecular formula is C57H104O5. The van der Waals surface area contributed by atoms with Crippen LogP contribution in [-0.4, -0.2) is 37.9 Å². The molecule has 1 unspecified atom stereocenters. The Kier molecular flexibility index (Phi) is 51.4. The summed E-state index contributed by atoms with van der Waals surface area (Å²) in [7, 11) is 0. The van der Waals surface area contributed by atoms with Crippen molar-refractivity contribution >= 4 is 11.9 Å². The van der Waals surface area contributed by atoms with Crippen molar-refractivity contribution in [3.63, 3.8) is 0 Å². The lowest BCUT2D eigenvalue weighted by Crippen LogP contribution is -2.30. The molecule has 0 bridgehead atoms. The summed E-state index contributed by atoms with van der Waals surface area (Å²) < 4.78 is 17.4. The van der Waals surface area contributed by atoms with Crippen molar-refractivity contribution < 1.29 is 23.8 Å². The number of unbranched alkanes of at least 4 members (excludes halogenated alkanes) is 31. The van der Waals surface area contributed by atoms with Gasteiger partial charge in [0.05, 0.1) is 6.61 Å². The molecule has 5 nitrogen and oxygen atoms in total. The normalized spacial score (nSPS) is 12.5. The Balaban J connectivity index is 4.24. The van der Waals surface area contributed by atoms with E-state index in [4.69, 9.17) is 14.2 Å². The Morgan fingerprint density at radius 1 is 0.371 bits per heavy atom. The van der Waals surface area contributed by atoms with Crippen molar-refractivity contribution in [2.75, 3.05) is 19.8 Å². The number of ether oxygens (including phenoxy) is 3. The van der Waals surface area contributed by atoms with E-state index in [1.807, 2.05) is 0 Å². The number of carbonyl (C=O) groups is 2. The average molecular weight is 869 g/mol. The first-order valence-corrected chi connectivity index (χ1v) is 27.2. The molecule has 0 aromatic heterocycles. The maximum Gasteiger partial charge on any atom is 0.306 e. The zero-order valence-corrected chi connectivity index (χ0v) is 41.6. The Morgan fingerprint density at radius 2 is 0.726 bits per heavy atom. The van der Waals surface area contributed by atoms with Crippen LogP contribution in [0.4, 0.5) is 0 Å². The van der Waals surface area contributed by atoms with Gasteiger partial charge in [-0.15, -0.1) is 0 Å². The van der Waals surface area contributed by atoms with E-state index in [0.29, 0.717) is 19.4 Å². The lowest BCUT2D eigenvalue weighted by atomic mass is 10.0. The first-order valence-electron chi connectivity index (χ1n) is 27.2. The molecule has 0 saturated carbocycles. The molecule has 0 heterocycles. The van der Waals surface area contributed by atoms with Crippen LogP contribution in [-0.2, 0) is 23.8 Å². The SMILES string of the molecule is CC/C=C\C/C=C\C/C=C\C/C=C\CCCCCCCCC(=O)OCC(COCCCCCCCCCCCCCCCC)OC(=O)CCCCCCCCCCCCCCC. The second kappa shape index (κ2) is 53.2. The van der Waals surface area contributed by atoms with Crippen LogP contribution in [0.2, 0.25) is 0 Å². The van der Waals surface area contributed by atoms with Crippen LogP contribution in [0.25, 0.3) is 0 Å². The number of hydrogen-bond acceptors (Lipinski definition) is 5. The molecular weight excluding hydrogens is 765 g/mol. The van der Waals surface area contributed by atoms with Crippen molar-refractivity contribution in [2.45, 2.75) is 284 Å². The smallest absolute Gasteiger partial charge is 0.306 e. The predicted octanol–water partition coefficient (Wildman–Crippen LogP) is 18.3. The van der Waals surface area contributed by atoms with E-state index in [0.717, 1.165) is 70.6 Å². The van der Waals surface area contributed by atoms with Gasteiger partial charge in [-0.2, -0.15) is 0 Å². The molecule has 0 amide bonds. The van der Waals surface area contributed by atoms with Gasteiger partial charge in [0.1, 0.15) is 6.61 Å². The van der Waals surface area contributed by atoms with Gasteiger partial charge in [0, 0.05) is 19.4 Å². The molecule has 0 saturated heterocycles. The molecule has 0 N–H and O–H groups in total. The summed E-state index contributed by atoms with van der Waals surface area (Å²) in [6.07, 6.45) is 65.5. The van der Waals surface area contributed by atoms with Crippen LogP contribution in [0, 0.1) is 0 Å². The van der Waals surface area contributed by atoms with Gasteiger partial charge in [-0.05, 0) is 57.8 Å². The third kappa shape index (κ3) is 50.5. The minimum absolute atomic E-state index is 0.0826. The molecule has 362 valence electrons. The van der Waals surface area contributed by atoms with Gasteiger partial charge < -0.3 is 14.2 Å². The van der Waals surface area contributed by atoms with Crippen LogP contribution in [0.3, 0.4) is 0 Å². The lowest BCUT2D eigenvalue weighted by Gasteiger charge is -2.18. The number of hydrogen-bond donors (Lipinski definition) is 0. The van der Waals surface area contributed by atoms with Gasteiger partial charge in [0.25, 0.3) is 0 Å². The third-order valence-electron chi connectivity index (χ3n) is 11.9. The van der Waals surface area contributed by atoms with E-state index >= 15 is 0 Å². The minimum Gasteiger partial charge on any atom is -0.462 e. The molecule has 62 heavy (non-hydrogen) atoms. The van der Waals surface area contributed by atoms with Crippen molar-refractivity contribution in [2.24, 2.45) is 0 Å². The molecule has 0 aromatic carbocycles. The maximum atomic E-state index is 12.8. The fourth-order valence-electron chi connectivity index (χ4n) is 7.86. The highest BCUT2D eigenvalue weighted by molar-refractivity contribution is 5.70. The summed E-state index contributed by atoms with van der Waals surface area (Å²) >= 11 is 0. The maximum absolute atomic E-state index is 12.8. The molecule has 0 aliphatic carbocycles. The third-order valence-corrected chi connectivity index (χ3v) is 11.9. The molecule has 0 fully saturated rings. The first kappa shape index (κ1) is 59.9. The highest BCUT2D eigenvalue weighted by atomic mass is 16.6. The quantitative estimate of drug-likeness (QED) is 0.0346. The van der Waals surface area contributed by atoms with Gasteiger partial charge >= 0.3 is 11.9 Å². The van der Waals surface area contributed by atoms with Gasteiger partial charge in [0.2, 0.25) is 0 Å². The molecule has 0 radical (unpaired) electrons. The molecule has 0 aromatic rings. The van der Waals surface area contributed by atoms with Crippen LogP contribution in [0.5, 0.6) is 0 Å². The summed E-state index contributed by atoms with van der Waals surface area (Å²) in [5, 5.41) is 0. The van der Waals surface area contributed by atoms with Crippen molar-refractivity contribution in [1.29, 1.82) is 0 Å². The molecule has 0 spiro atoms. The van der Waals surface area contributed by atoms with Gasteiger partial charge in [-0.3, -0.25) is 9.59 Å². The second-order valence-electron chi connectivity index (χ2n) is 18.1. The Bertz CT molecular complexity index is 1030. The molecule has 5 heteroatoms. The molecule has 0 aliphatic heterocycles. The van der Waals surface area contributed by atoms with Gasteiger partial charge in [0.15, 0.2) is 6.10 Å². The highest BCUT2D eigenvalue weighted by Gasteiger charge is 2.17. The largest absolute Gasteiger partial charge is 0.462 e. The molecule has 0 rings (SSSR count). The second-order valence-corrected chi connectivity index (χ2v) is 18.1. The van der Waals surface area contributed by atoms with Gasteiger partial charge in [-0.25, -0.2) is 0 Å². The average Bonchev–Trinajstić information content (AvgIpc) is 3.27. The van der Waals surface area contributed by atoms with E-state index in [1.165, 1.54) is 173 Å². The summed E-state index contributed by atoms with van der Waals surface area (Å²) in [4.78, 5) is 25.4. The fourth-order valence-corrected chi connectivity index (χ4v) is 7.86. The predicted molar refractivity (Wildman–Crippen MR) is 270 cm³/mol. The number of rotatable bonds is 50. The van der Waals surface area contributed by atoms with Crippen LogP contribution < -0.4 is 0 Å². The first-order chi connectivity index (χ1) is 30.6. The van der Waals surface area contributed by atoms with Crippen molar-refractivity contribution in [3.8, 4) is 0 Å². The monoisotopic (exact) mass is 869 g/mol. The summed E-state index contributed by atoms with van der Waals surface area (Å²) in [5.74, 6) is -0.398. The van der Waals surface area contributed by atoms with E-state index in [-0.39, 0.29) is 25.2 Å². The lowest BCUT2D eigenvalue weighted by molar-refractivity contribution is -0.163. The summed E-state index contributed by atoms with van der Waals surface area (Å²) in [6, 6.07) is 0. The summed E-state index contributed by atoms with van der Waals surface area (Å²) in [6.45, 7) is 7.75. The number of esters is 2. The standard InChI is InChI=1S/C57H104O5/c1-4-7-10-13-16-19-22-25-27-28-29-30-31-33-35-38-41-44-47-50-56(58)61-54-55(53-60-52-49-46-43-40-37-34-26-23-20-17-14-11-8-5-2)62-57(59)51-48-45-42-39-36-32-24-21-18-15-12-9-6-3/h7,10,16,19,25,27,29-30,55H,4-6,8-9,11-15,17-18,20-24,26,28,31-54H2,1-3H3/b10-7-,19-16-,27-25-,30-29-. The molecule has 1 atom stereocenters. The van der Waals surface area contributed by atoms with Crippen molar-refractivity contribution in [3.05, 3.63) is 48.6 Å². The van der Waals surface area contributed by atoms with E-state index in [1.54, 1.807) is 0 Å². The van der Waals surface area contributed by atoms with Gasteiger partial charge in [-0.1, -0.05) is 256 Å². The Hall–Kier alpha value is -2.14. The zero-order chi connectivity index (χ0) is 44.9. The van der Waals surface area contributed by atoms with E-state index in [2.05, 4.69) is 69.4 Å². The Labute approximate surface area is 386 Å². The van der Waals surface area contributed by atoms with Crippen LogP contribution in [0.15, 0.2) is 48.6 Å². The Morgan fingerprint density at radius 3 is 1.16 bits per heavy atom. The van der Waals surface area contributed by atoms with E-state index in [9.17, 15) is 9.59 Å². The minimum atomic E-state index is -0.537. The topological polar surface area (TPSA) is 61.8 Å². The zero-order valence-electron chi connectivity index (χ0n) is 41.6. The van der Waals surface area contributed by atoms with E-state index < -0.39 is 6.10 Å².